The van der Waals surface area contributed by atoms with Gasteiger partial charge in [0.1, 0.15) is 18.5 Å². The molecule has 1 unspecified atom stereocenters. The van der Waals surface area contributed by atoms with E-state index in [4.69, 9.17) is 9.47 Å². The molecule has 1 atom stereocenters. The molecule has 88 valence electrons. The van der Waals surface area contributed by atoms with Gasteiger partial charge in [0.25, 0.3) is 0 Å². The van der Waals surface area contributed by atoms with Crippen LogP contribution in [0.5, 0.6) is 5.75 Å². The van der Waals surface area contributed by atoms with Crippen LogP contribution in [0, 0.1) is 3.57 Å². The molecular weight excluding hydrogens is 317 g/mol. The first-order valence-corrected chi connectivity index (χ1v) is 6.51. The Morgan fingerprint density at radius 2 is 2.31 bits per heavy atom. The summed E-state index contributed by atoms with van der Waals surface area (Å²) in [5.74, 6) is 0.944. The lowest BCUT2D eigenvalue weighted by Crippen LogP contribution is -2.42. The van der Waals surface area contributed by atoms with Crippen LogP contribution >= 0.6 is 22.6 Å². The van der Waals surface area contributed by atoms with E-state index in [9.17, 15) is 0 Å². The molecule has 0 aromatic heterocycles. The number of hydrogen-bond donors (Lipinski definition) is 0. The molecule has 1 aliphatic heterocycles. The molecular formula is C12H16INO2. The minimum Gasteiger partial charge on any atom is -0.490 e. The van der Waals surface area contributed by atoms with Gasteiger partial charge in [0, 0.05) is 13.1 Å². The summed E-state index contributed by atoms with van der Waals surface area (Å²) in [6.45, 7) is 3.39. The average molecular weight is 333 g/mol. The normalized spacial score (nSPS) is 22.0. The van der Waals surface area contributed by atoms with E-state index in [0.29, 0.717) is 6.61 Å². The van der Waals surface area contributed by atoms with Crippen LogP contribution < -0.4 is 4.74 Å². The van der Waals surface area contributed by atoms with Crippen molar-refractivity contribution in [2.45, 2.75) is 6.10 Å². The maximum Gasteiger partial charge on any atom is 0.132 e. The van der Waals surface area contributed by atoms with Gasteiger partial charge in [-0.2, -0.15) is 0 Å². The highest BCUT2D eigenvalue weighted by Gasteiger charge is 2.18. The van der Waals surface area contributed by atoms with Crippen LogP contribution in [0.1, 0.15) is 0 Å². The van der Waals surface area contributed by atoms with Gasteiger partial charge in [0.15, 0.2) is 0 Å². The van der Waals surface area contributed by atoms with E-state index in [2.05, 4.69) is 34.5 Å². The van der Waals surface area contributed by atoms with Gasteiger partial charge in [-0.15, -0.1) is 0 Å². The van der Waals surface area contributed by atoms with E-state index in [1.165, 1.54) is 0 Å². The molecule has 0 radical (unpaired) electrons. The number of benzene rings is 1. The van der Waals surface area contributed by atoms with E-state index >= 15 is 0 Å². The summed E-state index contributed by atoms with van der Waals surface area (Å²) in [7, 11) is 2.11. The second kappa shape index (κ2) is 5.84. The van der Waals surface area contributed by atoms with E-state index in [0.717, 1.165) is 29.0 Å². The lowest BCUT2D eigenvalue weighted by Gasteiger charge is -2.29. The second-order valence-electron chi connectivity index (χ2n) is 4.00. The van der Waals surface area contributed by atoms with Crippen molar-refractivity contribution in [3.05, 3.63) is 27.8 Å². The smallest absolute Gasteiger partial charge is 0.132 e. The van der Waals surface area contributed by atoms with Gasteiger partial charge in [0.05, 0.1) is 10.2 Å². The maximum atomic E-state index is 5.77. The molecule has 2 rings (SSSR count). The van der Waals surface area contributed by atoms with Gasteiger partial charge in [-0.25, -0.2) is 0 Å². The first-order chi connectivity index (χ1) is 7.75. The molecule has 0 amide bonds. The summed E-state index contributed by atoms with van der Waals surface area (Å²) in [5.41, 5.74) is 0. The zero-order valence-corrected chi connectivity index (χ0v) is 11.5. The fourth-order valence-corrected chi connectivity index (χ4v) is 2.26. The van der Waals surface area contributed by atoms with Gasteiger partial charge in [-0.1, -0.05) is 12.1 Å². The van der Waals surface area contributed by atoms with E-state index in [1.54, 1.807) is 0 Å². The van der Waals surface area contributed by atoms with Crippen molar-refractivity contribution in [2.75, 3.05) is 33.4 Å². The predicted octanol–water partition coefficient (Wildman–Crippen LogP) is 2.00. The lowest BCUT2D eigenvalue weighted by atomic mass is 10.3. The van der Waals surface area contributed by atoms with Crippen LogP contribution in [0.3, 0.4) is 0 Å². The van der Waals surface area contributed by atoms with Crippen LogP contribution in [0.25, 0.3) is 0 Å². The Morgan fingerprint density at radius 3 is 3.06 bits per heavy atom. The van der Waals surface area contributed by atoms with Crippen LogP contribution in [0.4, 0.5) is 0 Å². The molecule has 1 aromatic rings. The average Bonchev–Trinajstić information content (AvgIpc) is 2.28. The summed E-state index contributed by atoms with van der Waals surface area (Å²) in [5, 5.41) is 0. The molecule has 4 heteroatoms. The summed E-state index contributed by atoms with van der Waals surface area (Å²) in [4.78, 5) is 2.27. The van der Waals surface area contributed by atoms with E-state index < -0.39 is 0 Å². The minimum absolute atomic E-state index is 0.190. The molecule has 1 fully saturated rings. The quantitative estimate of drug-likeness (QED) is 0.790. The number of morpholine rings is 1. The molecule has 1 saturated heterocycles. The Kier molecular flexibility index (Phi) is 4.43. The Morgan fingerprint density at radius 1 is 1.50 bits per heavy atom. The number of halogens is 1. The predicted molar refractivity (Wildman–Crippen MR) is 71.9 cm³/mol. The number of nitrogens with zero attached hydrogens (tertiary/aromatic N) is 1. The first-order valence-electron chi connectivity index (χ1n) is 5.43. The molecule has 1 aromatic carbocycles. The Balaban J connectivity index is 1.85. The van der Waals surface area contributed by atoms with Crippen molar-refractivity contribution >= 4 is 22.6 Å². The third-order valence-electron chi connectivity index (χ3n) is 2.60. The second-order valence-corrected chi connectivity index (χ2v) is 5.16. The SMILES string of the molecule is CN1CCOC(COc2ccccc2I)C1. The van der Waals surface area contributed by atoms with Crippen LogP contribution in [-0.4, -0.2) is 44.4 Å². The highest BCUT2D eigenvalue weighted by atomic mass is 127. The third-order valence-corrected chi connectivity index (χ3v) is 3.49. The molecule has 3 nitrogen and oxygen atoms in total. The molecule has 0 saturated carbocycles. The molecule has 0 spiro atoms. The fourth-order valence-electron chi connectivity index (χ4n) is 1.71. The third kappa shape index (κ3) is 3.33. The van der Waals surface area contributed by atoms with Gasteiger partial charge in [0.2, 0.25) is 0 Å². The molecule has 0 aliphatic carbocycles. The highest BCUT2D eigenvalue weighted by Crippen LogP contribution is 2.20. The van der Waals surface area contributed by atoms with Crippen molar-refractivity contribution in [2.24, 2.45) is 0 Å². The van der Waals surface area contributed by atoms with E-state index in [1.807, 2.05) is 24.3 Å². The van der Waals surface area contributed by atoms with Gasteiger partial charge in [-0.3, -0.25) is 0 Å². The van der Waals surface area contributed by atoms with Gasteiger partial charge >= 0.3 is 0 Å². The maximum absolute atomic E-state index is 5.77. The molecule has 0 N–H and O–H groups in total. The van der Waals surface area contributed by atoms with Crippen LogP contribution in [0.15, 0.2) is 24.3 Å². The summed E-state index contributed by atoms with van der Waals surface area (Å²) in [6, 6.07) is 8.04. The van der Waals surface area contributed by atoms with Crippen molar-refractivity contribution < 1.29 is 9.47 Å². The summed E-state index contributed by atoms with van der Waals surface area (Å²) in [6.07, 6.45) is 0.190. The fraction of sp³-hybridized carbons (Fsp3) is 0.500. The standard InChI is InChI=1S/C12H16INO2/c1-14-6-7-15-10(8-14)9-16-12-5-3-2-4-11(12)13/h2-5,10H,6-9H2,1H3. The molecule has 0 bridgehead atoms. The first kappa shape index (κ1) is 12.1. The minimum atomic E-state index is 0.190. The lowest BCUT2D eigenvalue weighted by molar-refractivity contribution is -0.0404. The number of ether oxygens (including phenoxy) is 2. The number of para-hydroxylation sites is 1. The zero-order valence-electron chi connectivity index (χ0n) is 9.36. The van der Waals surface area contributed by atoms with Crippen molar-refractivity contribution in [3.63, 3.8) is 0 Å². The topological polar surface area (TPSA) is 21.7 Å². The number of hydrogen-bond acceptors (Lipinski definition) is 3. The molecule has 1 heterocycles. The van der Waals surface area contributed by atoms with Crippen LogP contribution in [-0.2, 0) is 4.74 Å². The number of rotatable bonds is 3. The van der Waals surface area contributed by atoms with E-state index in [-0.39, 0.29) is 6.10 Å². The Hall–Kier alpha value is -0.330. The Bertz CT molecular complexity index is 346. The van der Waals surface area contributed by atoms with Crippen molar-refractivity contribution in [1.29, 1.82) is 0 Å². The monoisotopic (exact) mass is 333 g/mol. The molecule has 1 aliphatic rings. The van der Waals surface area contributed by atoms with Crippen molar-refractivity contribution in [1.82, 2.24) is 4.90 Å². The van der Waals surface area contributed by atoms with Gasteiger partial charge in [-0.05, 0) is 41.8 Å². The largest absolute Gasteiger partial charge is 0.490 e. The van der Waals surface area contributed by atoms with Crippen LogP contribution in [0.2, 0.25) is 0 Å². The Labute approximate surface area is 110 Å². The highest BCUT2D eigenvalue weighted by molar-refractivity contribution is 14.1. The van der Waals surface area contributed by atoms with Gasteiger partial charge < -0.3 is 14.4 Å². The summed E-state index contributed by atoms with van der Waals surface area (Å²) < 4.78 is 12.5. The van der Waals surface area contributed by atoms with Crippen molar-refractivity contribution in [3.8, 4) is 5.75 Å². The number of likely N-dealkylation sites (N-methyl/N-ethyl adjacent to an activating group) is 1. The summed E-state index contributed by atoms with van der Waals surface area (Å²) >= 11 is 2.28. The molecule has 16 heavy (non-hydrogen) atoms. The zero-order chi connectivity index (χ0) is 11.4.